The smallest absolute Gasteiger partial charge is 0.340 e. The molecule has 0 radical (unpaired) electrons. The maximum absolute atomic E-state index is 12.9. The van der Waals surface area contributed by atoms with Gasteiger partial charge in [-0.15, -0.1) is 34.0 Å². The summed E-state index contributed by atoms with van der Waals surface area (Å²) in [7, 11) is 0. The number of carbonyl (C=O) groups excluding carboxylic acids is 1. The third kappa shape index (κ3) is 3.78. The number of hydrogen-bond acceptors (Lipinski definition) is 7. The van der Waals surface area contributed by atoms with E-state index in [1.54, 1.807) is 22.7 Å². The van der Waals surface area contributed by atoms with E-state index in [2.05, 4.69) is 9.97 Å². The third-order valence-corrected chi connectivity index (χ3v) is 7.96. The molecule has 4 aromatic rings. The Morgan fingerprint density at radius 3 is 2.80 bits per heavy atom. The summed E-state index contributed by atoms with van der Waals surface area (Å²) in [6.45, 7) is -0.0697. The lowest BCUT2D eigenvalue weighted by molar-refractivity contribution is -0.138. The van der Waals surface area contributed by atoms with Crippen LogP contribution in [-0.4, -0.2) is 15.9 Å². The summed E-state index contributed by atoms with van der Waals surface area (Å²) in [4.78, 5) is 36.7. The molecule has 0 spiro atoms. The van der Waals surface area contributed by atoms with Gasteiger partial charge in [0.15, 0.2) is 0 Å². The highest BCUT2D eigenvalue weighted by Crippen LogP contribution is 2.33. The van der Waals surface area contributed by atoms with Gasteiger partial charge in [0.05, 0.1) is 11.0 Å². The van der Waals surface area contributed by atoms with Gasteiger partial charge in [0.25, 0.3) is 5.56 Å². The van der Waals surface area contributed by atoms with Crippen molar-refractivity contribution in [3.8, 4) is 0 Å². The second kappa shape index (κ2) is 8.29. The van der Waals surface area contributed by atoms with E-state index in [0.717, 1.165) is 45.8 Å². The van der Waals surface area contributed by atoms with Crippen LogP contribution < -0.4 is 5.56 Å². The average molecular weight is 455 g/mol. The highest BCUT2D eigenvalue weighted by Gasteiger charge is 2.21. The van der Waals surface area contributed by atoms with E-state index in [1.165, 1.54) is 16.2 Å². The van der Waals surface area contributed by atoms with Crippen molar-refractivity contribution in [2.24, 2.45) is 0 Å². The number of nitrogens with one attached hydrogen (secondary N) is 1. The molecule has 5 rings (SSSR count). The molecule has 0 saturated carbocycles. The molecule has 0 aliphatic heterocycles. The van der Waals surface area contributed by atoms with Crippen LogP contribution in [0.3, 0.4) is 0 Å². The van der Waals surface area contributed by atoms with Crippen LogP contribution in [0.4, 0.5) is 0 Å². The van der Waals surface area contributed by atoms with Gasteiger partial charge < -0.3 is 9.72 Å². The minimum Gasteiger partial charge on any atom is -0.454 e. The van der Waals surface area contributed by atoms with Crippen LogP contribution in [-0.2, 0) is 29.0 Å². The van der Waals surface area contributed by atoms with Crippen molar-refractivity contribution in [3.05, 3.63) is 71.4 Å². The molecule has 8 heteroatoms. The quantitative estimate of drug-likeness (QED) is 0.329. The van der Waals surface area contributed by atoms with Crippen molar-refractivity contribution in [1.82, 2.24) is 9.97 Å². The van der Waals surface area contributed by atoms with Gasteiger partial charge >= 0.3 is 5.97 Å². The highest BCUT2D eigenvalue weighted by atomic mass is 32.1. The number of ether oxygens (including phenoxy) is 1. The molecular formula is C22H18N2O3S3. The Kier molecular flexibility index (Phi) is 5.37. The Morgan fingerprint density at radius 2 is 2.00 bits per heavy atom. The topological polar surface area (TPSA) is 72.0 Å². The lowest BCUT2D eigenvalue weighted by Gasteiger charge is -2.09. The number of aromatic nitrogens is 2. The zero-order chi connectivity index (χ0) is 20.5. The van der Waals surface area contributed by atoms with Gasteiger partial charge in [0, 0.05) is 14.6 Å². The molecule has 0 amide bonds. The number of H-pyrrole nitrogens is 1. The fourth-order valence-corrected chi connectivity index (χ4v) is 6.33. The first-order chi connectivity index (χ1) is 14.7. The Hall–Kier alpha value is -2.55. The summed E-state index contributed by atoms with van der Waals surface area (Å²) < 4.78 is 5.54. The van der Waals surface area contributed by atoms with Crippen molar-refractivity contribution in [2.75, 3.05) is 0 Å². The summed E-state index contributed by atoms with van der Waals surface area (Å²) in [6.07, 6.45) is 6.05. The molecule has 4 aromatic heterocycles. The minimum absolute atomic E-state index is 0.0697. The predicted octanol–water partition coefficient (Wildman–Crippen LogP) is 5.27. The zero-order valence-electron chi connectivity index (χ0n) is 16.0. The zero-order valence-corrected chi connectivity index (χ0v) is 18.4. The van der Waals surface area contributed by atoms with Gasteiger partial charge in [-0.3, -0.25) is 4.79 Å². The van der Waals surface area contributed by atoms with Crippen LogP contribution in [0.25, 0.3) is 21.9 Å². The fourth-order valence-electron chi connectivity index (χ4n) is 3.67. The molecule has 1 N–H and O–H groups in total. The SMILES string of the molecule is O=C(OCc1nc2sc3c(c2c(=O)[nH]1)CCCC3)/C(=C\c1cccs1)c1cccs1. The normalized spacial score (nSPS) is 14.1. The number of thiophene rings is 3. The first-order valence-corrected chi connectivity index (χ1v) is 12.3. The molecule has 4 heterocycles. The van der Waals surface area contributed by atoms with E-state index in [9.17, 15) is 9.59 Å². The predicted molar refractivity (Wildman–Crippen MR) is 123 cm³/mol. The maximum Gasteiger partial charge on any atom is 0.340 e. The number of fused-ring (bicyclic) bond motifs is 3. The van der Waals surface area contributed by atoms with Crippen molar-refractivity contribution in [3.63, 3.8) is 0 Å². The molecule has 0 unspecified atom stereocenters. The minimum atomic E-state index is -0.431. The van der Waals surface area contributed by atoms with Crippen molar-refractivity contribution in [1.29, 1.82) is 0 Å². The fraction of sp³-hybridized carbons (Fsp3) is 0.227. The molecule has 1 aliphatic rings. The van der Waals surface area contributed by atoms with Gasteiger partial charge in [-0.1, -0.05) is 12.1 Å². The van der Waals surface area contributed by atoms with Crippen molar-refractivity contribution in [2.45, 2.75) is 32.3 Å². The van der Waals surface area contributed by atoms with E-state index < -0.39 is 5.97 Å². The second-order valence-corrected chi connectivity index (χ2v) is 10.0. The number of nitrogens with zero attached hydrogens (tertiary/aromatic N) is 1. The average Bonchev–Trinajstić information content (AvgIpc) is 3.50. The maximum atomic E-state index is 12.9. The van der Waals surface area contributed by atoms with Crippen LogP contribution in [0.1, 0.15) is 38.9 Å². The second-order valence-electron chi connectivity index (χ2n) is 7.03. The molecular weight excluding hydrogens is 436 g/mol. The van der Waals surface area contributed by atoms with E-state index >= 15 is 0 Å². The van der Waals surface area contributed by atoms with Gasteiger partial charge in [-0.05, 0) is 60.2 Å². The Labute approximate surface area is 184 Å². The standard InChI is InChI=1S/C22H18N2O3S3/c25-20-19-14-6-1-2-7-17(14)30-21(19)24-18(23-20)12-27-22(26)15(16-8-4-10-29-16)11-13-5-3-9-28-13/h3-5,8-11H,1-2,6-7,12H2,(H,23,24,25)/b15-11-. The Balaban J connectivity index is 1.40. The molecule has 152 valence electrons. The number of carbonyl (C=O) groups is 1. The first-order valence-electron chi connectivity index (χ1n) is 9.68. The van der Waals surface area contributed by atoms with Crippen LogP contribution in [0.5, 0.6) is 0 Å². The number of esters is 1. The Morgan fingerprint density at radius 1 is 1.17 bits per heavy atom. The summed E-state index contributed by atoms with van der Waals surface area (Å²) >= 11 is 4.63. The number of aryl methyl sites for hydroxylation is 2. The van der Waals surface area contributed by atoms with Crippen LogP contribution >= 0.6 is 34.0 Å². The molecule has 0 saturated heterocycles. The lowest BCUT2D eigenvalue weighted by Crippen LogP contribution is -2.15. The first kappa shape index (κ1) is 19.4. The molecule has 5 nitrogen and oxygen atoms in total. The van der Waals surface area contributed by atoms with Gasteiger partial charge in [-0.2, -0.15) is 0 Å². The van der Waals surface area contributed by atoms with Gasteiger partial charge in [0.2, 0.25) is 0 Å². The lowest BCUT2D eigenvalue weighted by atomic mass is 9.97. The molecule has 0 bridgehead atoms. The summed E-state index contributed by atoms with van der Waals surface area (Å²) in [5.74, 6) is -0.0554. The number of aromatic amines is 1. The van der Waals surface area contributed by atoms with E-state index in [0.29, 0.717) is 16.8 Å². The summed E-state index contributed by atoms with van der Waals surface area (Å²) in [5, 5.41) is 4.60. The van der Waals surface area contributed by atoms with E-state index in [4.69, 9.17) is 4.74 Å². The van der Waals surface area contributed by atoms with Crippen LogP contribution in [0.15, 0.2) is 39.8 Å². The largest absolute Gasteiger partial charge is 0.454 e. The van der Waals surface area contributed by atoms with Crippen LogP contribution in [0, 0.1) is 0 Å². The molecule has 1 aliphatic carbocycles. The molecule has 30 heavy (non-hydrogen) atoms. The van der Waals surface area contributed by atoms with Gasteiger partial charge in [-0.25, -0.2) is 9.78 Å². The molecule has 0 atom stereocenters. The summed E-state index contributed by atoms with van der Waals surface area (Å²) in [6, 6.07) is 7.70. The number of hydrogen-bond donors (Lipinski definition) is 1. The third-order valence-electron chi connectivity index (χ3n) is 5.05. The van der Waals surface area contributed by atoms with Crippen LogP contribution in [0.2, 0.25) is 0 Å². The van der Waals surface area contributed by atoms with Gasteiger partial charge in [0.1, 0.15) is 17.3 Å². The number of rotatable bonds is 5. The molecule has 0 aromatic carbocycles. The Bertz CT molecular complexity index is 1280. The van der Waals surface area contributed by atoms with E-state index in [-0.39, 0.29) is 12.2 Å². The highest BCUT2D eigenvalue weighted by molar-refractivity contribution is 7.18. The van der Waals surface area contributed by atoms with Crippen molar-refractivity contribution < 1.29 is 9.53 Å². The summed E-state index contributed by atoms with van der Waals surface area (Å²) in [5.41, 5.74) is 1.51. The molecule has 0 fully saturated rings. The van der Waals surface area contributed by atoms with E-state index in [1.807, 2.05) is 41.1 Å². The van der Waals surface area contributed by atoms with Crippen molar-refractivity contribution >= 4 is 61.8 Å². The monoisotopic (exact) mass is 454 g/mol.